The summed E-state index contributed by atoms with van der Waals surface area (Å²) in [7, 11) is 0. The largest absolute Gasteiger partial charge is 0.478 e. The van der Waals surface area contributed by atoms with Crippen LogP contribution >= 0.6 is 0 Å². The van der Waals surface area contributed by atoms with E-state index in [-0.39, 0.29) is 19.0 Å². The number of hydrogen-bond donors (Lipinski definition) is 4. The van der Waals surface area contributed by atoms with E-state index in [0.29, 0.717) is 13.0 Å². The second-order valence-electron chi connectivity index (χ2n) is 6.50. The SMILES string of the molecule is CCOC(=O)C(N)C(CC)(OC(=O)CN)C(=O)O.CCOC(=O)[C@@H](N)Cc1ccccc1. The van der Waals surface area contributed by atoms with Crippen LogP contribution in [0.3, 0.4) is 0 Å². The Morgan fingerprint density at radius 3 is 1.94 bits per heavy atom. The van der Waals surface area contributed by atoms with Crippen LogP contribution in [0.1, 0.15) is 32.8 Å². The van der Waals surface area contributed by atoms with Crippen LogP contribution in [0.2, 0.25) is 0 Å². The predicted molar refractivity (Wildman–Crippen MR) is 115 cm³/mol. The first-order valence-electron chi connectivity index (χ1n) is 10.1. The highest BCUT2D eigenvalue weighted by atomic mass is 16.6. The van der Waals surface area contributed by atoms with Gasteiger partial charge in [-0.3, -0.25) is 14.4 Å². The molecular weight excluding hydrogens is 422 g/mol. The molecule has 0 aliphatic rings. The van der Waals surface area contributed by atoms with E-state index in [1.807, 2.05) is 30.3 Å². The van der Waals surface area contributed by atoms with Crippen molar-refractivity contribution < 1.29 is 38.5 Å². The number of aliphatic carboxylic acids is 1. The Bertz CT molecular complexity index is 744. The number of benzene rings is 1. The number of carbonyl (C=O) groups excluding carboxylic acids is 3. The topological polar surface area (TPSA) is 194 Å². The van der Waals surface area contributed by atoms with E-state index >= 15 is 0 Å². The van der Waals surface area contributed by atoms with Crippen molar-refractivity contribution in [2.45, 2.75) is 51.3 Å². The summed E-state index contributed by atoms with van der Waals surface area (Å²) in [4.78, 5) is 45.1. The molecule has 0 spiro atoms. The lowest BCUT2D eigenvalue weighted by Gasteiger charge is -2.31. The van der Waals surface area contributed by atoms with Gasteiger partial charge in [-0.05, 0) is 32.3 Å². The summed E-state index contributed by atoms with van der Waals surface area (Å²) in [5.74, 6) is -3.77. The van der Waals surface area contributed by atoms with Crippen molar-refractivity contribution in [2.75, 3.05) is 19.8 Å². The maximum atomic E-state index is 11.5. The van der Waals surface area contributed by atoms with E-state index in [1.54, 1.807) is 13.8 Å². The zero-order valence-electron chi connectivity index (χ0n) is 18.6. The van der Waals surface area contributed by atoms with E-state index in [0.717, 1.165) is 5.56 Å². The Balaban J connectivity index is 0.000000618. The van der Waals surface area contributed by atoms with Crippen LogP contribution in [0.15, 0.2) is 30.3 Å². The monoisotopic (exact) mass is 455 g/mol. The molecule has 0 radical (unpaired) electrons. The molecular formula is C21H33N3O8. The van der Waals surface area contributed by atoms with Gasteiger partial charge < -0.3 is 36.5 Å². The van der Waals surface area contributed by atoms with Crippen LogP contribution in [-0.4, -0.2) is 66.4 Å². The maximum absolute atomic E-state index is 11.5. The lowest BCUT2D eigenvalue weighted by molar-refractivity contribution is -0.186. The van der Waals surface area contributed by atoms with Gasteiger partial charge >= 0.3 is 23.9 Å². The third kappa shape index (κ3) is 9.00. The van der Waals surface area contributed by atoms with Crippen LogP contribution < -0.4 is 17.2 Å². The molecule has 11 heteroatoms. The molecule has 0 aromatic heterocycles. The van der Waals surface area contributed by atoms with Gasteiger partial charge in [0.2, 0.25) is 5.60 Å². The molecule has 3 atom stereocenters. The van der Waals surface area contributed by atoms with Crippen molar-refractivity contribution in [1.29, 1.82) is 0 Å². The summed E-state index contributed by atoms with van der Waals surface area (Å²) in [6.45, 7) is 4.65. The van der Waals surface area contributed by atoms with Crippen molar-refractivity contribution in [3.8, 4) is 0 Å². The van der Waals surface area contributed by atoms with Gasteiger partial charge in [0.1, 0.15) is 6.04 Å². The molecule has 2 unspecified atom stereocenters. The van der Waals surface area contributed by atoms with Gasteiger partial charge in [0.15, 0.2) is 6.04 Å². The third-order valence-electron chi connectivity index (χ3n) is 4.28. The first-order chi connectivity index (χ1) is 15.1. The maximum Gasteiger partial charge on any atom is 0.350 e. The summed E-state index contributed by atoms with van der Waals surface area (Å²) in [6.07, 6.45) is 0.341. The fourth-order valence-electron chi connectivity index (χ4n) is 2.55. The Morgan fingerprint density at radius 2 is 1.50 bits per heavy atom. The number of esters is 3. The lowest BCUT2D eigenvalue weighted by atomic mass is 9.91. The Kier molecular flexibility index (Phi) is 13.5. The van der Waals surface area contributed by atoms with Crippen LogP contribution in [0.4, 0.5) is 0 Å². The molecule has 180 valence electrons. The molecule has 0 bridgehead atoms. The molecule has 1 rings (SSSR count). The highest BCUT2D eigenvalue weighted by Crippen LogP contribution is 2.21. The number of ether oxygens (including phenoxy) is 3. The molecule has 1 aromatic rings. The van der Waals surface area contributed by atoms with Crippen LogP contribution in [0.5, 0.6) is 0 Å². The Morgan fingerprint density at radius 1 is 0.969 bits per heavy atom. The van der Waals surface area contributed by atoms with E-state index in [4.69, 9.17) is 31.8 Å². The normalized spacial score (nSPS) is 13.9. The van der Waals surface area contributed by atoms with E-state index in [1.165, 1.54) is 6.92 Å². The first-order valence-corrected chi connectivity index (χ1v) is 10.1. The highest BCUT2D eigenvalue weighted by Gasteiger charge is 2.51. The van der Waals surface area contributed by atoms with Crippen LogP contribution in [0.25, 0.3) is 0 Å². The molecule has 0 aliphatic carbocycles. The molecule has 11 nitrogen and oxygen atoms in total. The fraction of sp³-hybridized carbons (Fsp3) is 0.524. The molecule has 32 heavy (non-hydrogen) atoms. The zero-order chi connectivity index (χ0) is 24.7. The van der Waals surface area contributed by atoms with Crippen molar-refractivity contribution in [3.63, 3.8) is 0 Å². The average molecular weight is 456 g/mol. The average Bonchev–Trinajstić information content (AvgIpc) is 2.78. The summed E-state index contributed by atoms with van der Waals surface area (Å²) < 4.78 is 14.2. The highest BCUT2D eigenvalue weighted by molar-refractivity contribution is 5.91. The quantitative estimate of drug-likeness (QED) is 0.253. The second-order valence-corrected chi connectivity index (χ2v) is 6.50. The van der Waals surface area contributed by atoms with Crippen LogP contribution in [0, 0.1) is 0 Å². The lowest BCUT2D eigenvalue weighted by Crippen LogP contribution is -2.60. The Labute approximate surface area is 187 Å². The minimum Gasteiger partial charge on any atom is -0.478 e. The fourth-order valence-corrected chi connectivity index (χ4v) is 2.55. The molecule has 0 aliphatic heterocycles. The summed E-state index contributed by atoms with van der Waals surface area (Å²) in [5.41, 5.74) is 15.1. The molecule has 0 saturated carbocycles. The van der Waals surface area contributed by atoms with Crippen molar-refractivity contribution in [1.82, 2.24) is 0 Å². The number of carboxylic acids is 1. The van der Waals surface area contributed by atoms with Gasteiger partial charge in [0, 0.05) is 0 Å². The van der Waals surface area contributed by atoms with Crippen molar-refractivity contribution in [2.24, 2.45) is 17.2 Å². The van der Waals surface area contributed by atoms with Gasteiger partial charge in [-0.2, -0.15) is 0 Å². The minimum atomic E-state index is -2.16. The second kappa shape index (κ2) is 14.9. The summed E-state index contributed by atoms with van der Waals surface area (Å²) in [6, 6.07) is 7.49. The smallest absolute Gasteiger partial charge is 0.350 e. The number of nitrogens with two attached hydrogens (primary N) is 3. The molecule has 0 fully saturated rings. The van der Waals surface area contributed by atoms with E-state index < -0.39 is 42.1 Å². The van der Waals surface area contributed by atoms with Crippen LogP contribution in [-0.2, 0) is 39.8 Å². The van der Waals surface area contributed by atoms with Crippen molar-refractivity contribution >= 4 is 23.9 Å². The van der Waals surface area contributed by atoms with Gasteiger partial charge in [0.05, 0.1) is 19.8 Å². The molecule has 0 amide bonds. The van der Waals surface area contributed by atoms with Gasteiger partial charge in [-0.15, -0.1) is 0 Å². The number of rotatable bonds is 11. The van der Waals surface area contributed by atoms with Crippen molar-refractivity contribution in [3.05, 3.63) is 35.9 Å². The molecule has 0 heterocycles. The van der Waals surface area contributed by atoms with E-state index in [9.17, 15) is 19.2 Å². The molecule has 1 aromatic carbocycles. The molecule has 0 saturated heterocycles. The van der Waals surface area contributed by atoms with Gasteiger partial charge in [0.25, 0.3) is 0 Å². The summed E-state index contributed by atoms with van der Waals surface area (Å²) in [5, 5.41) is 9.15. The first kappa shape index (κ1) is 29.0. The standard InChI is InChI=1S/C11H15NO2.C10H18N2O6/c1-2-14-11(13)10(12)8-9-6-4-3-5-7-9;1-3-10(9(15)16,18-6(13)5-11)7(12)8(14)17-4-2/h3-7,10H,2,8,12H2,1H3;7H,3-5,11-12H2,1-2H3,(H,15,16)/t10-;/m0./s1. The van der Waals surface area contributed by atoms with Gasteiger partial charge in [-0.25, -0.2) is 4.79 Å². The molecule has 7 N–H and O–H groups in total. The number of carbonyl (C=O) groups is 4. The third-order valence-corrected chi connectivity index (χ3v) is 4.28. The summed E-state index contributed by atoms with van der Waals surface area (Å²) >= 11 is 0. The number of hydrogen-bond acceptors (Lipinski definition) is 10. The van der Waals surface area contributed by atoms with E-state index in [2.05, 4.69) is 4.74 Å². The minimum absolute atomic E-state index is 0.0385. The number of carboxylic acid groups (broad SMARTS) is 1. The zero-order valence-corrected chi connectivity index (χ0v) is 18.6. The predicted octanol–water partition coefficient (Wildman–Crippen LogP) is -0.268. The Hall–Kier alpha value is -3.02. The van der Waals surface area contributed by atoms with Gasteiger partial charge in [-0.1, -0.05) is 37.3 Å².